The molecule has 9 heteroatoms. The van der Waals surface area contributed by atoms with Gasteiger partial charge < -0.3 is 5.32 Å². The molecular weight excluding hydrogens is 333 g/mol. The average Bonchev–Trinajstić information content (AvgIpc) is 3.11. The third-order valence-corrected chi connectivity index (χ3v) is 3.41. The van der Waals surface area contributed by atoms with E-state index in [9.17, 15) is 13.2 Å². The molecule has 0 bridgehead atoms. The van der Waals surface area contributed by atoms with Gasteiger partial charge in [0.2, 0.25) is 0 Å². The first-order chi connectivity index (χ1) is 12.1. The van der Waals surface area contributed by atoms with Crippen LogP contribution in [0.2, 0.25) is 0 Å². The number of hydrogen-bond acceptors (Lipinski definition) is 5. The molecule has 0 aliphatic carbocycles. The maximum atomic E-state index is 13.7. The molecule has 6 nitrogen and oxygen atoms in total. The number of anilines is 1. The van der Waals surface area contributed by atoms with Crippen molar-refractivity contribution in [1.82, 2.24) is 20.2 Å². The molecule has 128 valence electrons. The van der Waals surface area contributed by atoms with Crippen LogP contribution in [-0.2, 0) is 6.54 Å². The summed E-state index contributed by atoms with van der Waals surface area (Å²) in [6, 6.07) is 9.44. The number of pyridine rings is 1. The van der Waals surface area contributed by atoms with Crippen molar-refractivity contribution in [3.8, 4) is 0 Å². The third kappa shape index (κ3) is 3.65. The number of H-pyrrole nitrogens is 1. The van der Waals surface area contributed by atoms with Crippen LogP contribution in [-0.4, -0.2) is 25.9 Å². The van der Waals surface area contributed by atoms with Gasteiger partial charge in [-0.25, -0.2) is 23.1 Å². The molecular formula is C16H13F3N6. The van der Waals surface area contributed by atoms with E-state index in [1.807, 2.05) is 0 Å². The van der Waals surface area contributed by atoms with Crippen LogP contribution in [0.25, 0.3) is 0 Å². The molecule has 0 unspecified atom stereocenters. The van der Waals surface area contributed by atoms with Crippen LogP contribution in [0.3, 0.4) is 0 Å². The highest BCUT2D eigenvalue weighted by Crippen LogP contribution is 2.19. The lowest BCUT2D eigenvalue weighted by Crippen LogP contribution is -2.11. The topological polar surface area (TPSA) is 90.3 Å². The lowest BCUT2D eigenvalue weighted by Gasteiger charge is -2.11. The minimum absolute atomic E-state index is 0.153. The zero-order chi connectivity index (χ0) is 17.8. The van der Waals surface area contributed by atoms with Gasteiger partial charge in [-0.15, -0.1) is 0 Å². The predicted molar refractivity (Wildman–Crippen MR) is 85.2 cm³/mol. The molecule has 1 aromatic carbocycles. The van der Waals surface area contributed by atoms with E-state index < -0.39 is 12.2 Å². The van der Waals surface area contributed by atoms with E-state index in [4.69, 9.17) is 5.41 Å². The van der Waals surface area contributed by atoms with E-state index in [-0.39, 0.29) is 23.9 Å². The molecule has 0 aliphatic rings. The molecule has 0 fully saturated rings. The van der Waals surface area contributed by atoms with Crippen molar-refractivity contribution in [1.29, 1.82) is 5.41 Å². The van der Waals surface area contributed by atoms with Crippen molar-refractivity contribution in [2.75, 3.05) is 5.32 Å². The summed E-state index contributed by atoms with van der Waals surface area (Å²) in [4.78, 5) is 7.73. The fourth-order valence-corrected chi connectivity index (χ4v) is 2.17. The molecule has 0 saturated carbocycles. The Labute approximate surface area is 140 Å². The number of hydrogen-bond donors (Lipinski definition) is 3. The standard InChI is InChI=1S/C16H13F3N6/c17-11-6-2-1-4-9(11)8-22-14-10(5-3-7-21-14)12(20)15-23-16(13(18)19)25-24-15/h1-7,13,20H,8H2,(H,21,22)(H,23,24,25). The third-order valence-electron chi connectivity index (χ3n) is 3.41. The number of nitrogens with zero attached hydrogens (tertiary/aromatic N) is 3. The van der Waals surface area contributed by atoms with E-state index in [1.54, 1.807) is 30.3 Å². The summed E-state index contributed by atoms with van der Waals surface area (Å²) in [5.41, 5.74) is 0.578. The van der Waals surface area contributed by atoms with Crippen LogP contribution in [0.4, 0.5) is 19.0 Å². The highest BCUT2D eigenvalue weighted by molar-refractivity contribution is 6.11. The lowest BCUT2D eigenvalue weighted by molar-refractivity contribution is 0.141. The Morgan fingerprint density at radius 2 is 2.00 bits per heavy atom. The number of halogens is 3. The van der Waals surface area contributed by atoms with Crippen LogP contribution < -0.4 is 5.32 Å². The number of benzene rings is 1. The van der Waals surface area contributed by atoms with Gasteiger partial charge in [-0.3, -0.25) is 10.5 Å². The molecule has 0 amide bonds. The van der Waals surface area contributed by atoms with Crippen LogP contribution in [0.15, 0.2) is 42.6 Å². The normalized spacial score (nSPS) is 10.9. The van der Waals surface area contributed by atoms with Crippen LogP contribution in [0, 0.1) is 11.2 Å². The van der Waals surface area contributed by atoms with Crippen molar-refractivity contribution in [2.24, 2.45) is 0 Å². The van der Waals surface area contributed by atoms with Gasteiger partial charge in [-0.2, -0.15) is 5.10 Å². The van der Waals surface area contributed by atoms with Crippen molar-refractivity contribution in [2.45, 2.75) is 13.0 Å². The fraction of sp³-hybridized carbons (Fsp3) is 0.125. The first kappa shape index (κ1) is 16.6. The number of aromatic amines is 1. The Morgan fingerprint density at radius 3 is 2.72 bits per heavy atom. The van der Waals surface area contributed by atoms with E-state index >= 15 is 0 Å². The SMILES string of the molecule is N=C(c1n[nH]c(C(F)F)n1)c1cccnc1NCc1ccccc1F. The summed E-state index contributed by atoms with van der Waals surface area (Å²) >= 11 is 0. The zero-order valence-corrected chi connectivity index (χ0v) is 12.8. The van der Waals surface area contributed by atoms with E-state index in [1.165, 1.54) is 12.3 Å². The maximum absolute atomic E-state index is 13.7. The van der Waals surface area contributed by atoms with Crippen molar-refractivity contribution in [3.63, 3.8) is 0 Å². The minimum Gasteiger partial charge on any atom is -0.365 e. The summed E-state index contributed by atoms with van der Waals surface area (Å²) < 4.78 is 38.9. The average molecular weight is 346 g/mol. The highest BCUT2D eigenvalue weighted by Gasteiger charge is 2.19. The molecule has 2 aromatic heterocycles. The summed E-state index contributed by atoms with van der Waals surface area (Å²) in [6.45, 7) is 0.153. The molecule has 3 rings (SSSR count). The number of alkyl halides is 2. The zero-order valence-electron chi connectivity index (χ0n) is 12.8. The Bertz CT molecular complexity index is 893. The van der Waals surface area contributed by atoms with E-state index in [0.29, 0.717) is 16.9 Å². The molecule has 3 N–H and O–H groups in total. The molecule has 0 aliphatic heterocycles. The smallest absolute Gasteiger partial charge is 0.296 e. The first-order valence-corrected chi connectivity index (χ1v) is 7.28. The second-order valence-corrected chi connectivity index (χ2v) is 5.06. The van der Waals surface area contributed by atoms with Gasteiger partial charge in [0, 0.05) is 23.9 Å². The molecule has 0 radical (unpaired) electrons. The van der Waals surface area contributed by atoms with Crippen molar-refractivity contribution >= 4 is 11.5 Å². The Morgan fingerprint density at radius 1 is 1.20 bits per heavy atom. The largest absolute Gasteiger partial charge is 0.365 e. The second kappa shape index (κ2) is 7.12. The van der Waals surface area contributed by atoms with Gasteiger partial charge in [0.25, 0.3) is 6.43 Å². The number of aromatic nitrogens is 4. The highest BCUT2D eigenvalue weighted by atomic mass is 19.3. The summed E-state index contributed by atoms with van der Waals surface area (Å²) in [6.07, 6.45) is -1.30. The first-order valence-electron chi connectivity index (χ1n) is 7.28. The molecule has 2 heterocycles. The van der Waals surface area contributed by atoms with E-state index in [0.717, 1.165) is 0 Å². The Hall–Kier alpha value is -3.23. The van der Waals surface area contributed by atoms with Crippen molar-refractivity contribution < 1.29 is 13.2 Å². The van der Waals surface area contributed by atoms with Crippen LogP contribution in [0.1, 0.15) is 29.2 Å². The predicted octanol–water partition coefficient (Wildman–Crippen LogP) is 3.30. The molecule has 25 heavy (non-hydrogen) atoms. The Balaban J connectivity index is 1.82. The summed E-state index contributed by atoms with van der Waals surface area (Å²) in [7, 11) is 0. The second-order valence-electron chi connectivity index (χ2n) is 5.06. The van der Waals surface area contributed by atoms with Crippen molar-refractivity contribution in [3.05, 3.63) is 71.2 Å². The number of nitrogens with one attached hydrogen (secondary N) is 3. The maximum Gasteiger partial charge on any atom is 0.296 e. The van der Waals surface area contributed by atoms with Crippen LogP contribution >= 0.6 is 0 Å². The summed E-state index contributed by atoms with van der Waals surface area (Å²) in [5.74, 6) is -0.834. The van der Waals surface area contributed by atoms with Gasteiger partial charge in [0.1, 0.15) is 17.3 Å². The quantitative estimate of drug-likeness (QED) is 0.597. The van der Waals surface area contributed by atoms with Crippen LogP contribution in [0.5, 0.6) is 0 Å². The van der Waals surface area contributed by atoms with Gasteiger partial charge in [0.15, 0.2) is 11.6 Å². The molecule has 0 spiro atoms. The Kier molecular flexibility index (Phi) is 4.73. The van der Waals surface area contributed by atoms with Gasteiger partial charge >= 0.3 is 0 Å². The number of rotatable bonds is 6. The van der Waals surface area contributed by atoms with Gasteiger partial charge in [-0.1, -0.05) is 18.2 Å². The van der Waals surface area contributed by atoms with Gasteiger partial charge in [-0.05, 0) is 18.2 Å². The fourth-order valence-electron chi connectivity index (χ4n) is 2.17. The molecule has 3 aromatic rings. The monoisotopic (exact) mass is 346 g/mol. The van der Waals surface area contributed by atoms with Gasteiger partial charge in [0.05, 0.1) is 0 Å². The minimum atomic E-state index is -2.80. The summed E-state index contributed by atoms with van der Waals surface area (Å²) in [5, 5.41) is 16.8. The molecule has 0 saturated heterocycles. The molecule has 0 atom stereocenters. The lowest BCUT2D eigenvalue weighted by atomic mass is 10.1. The van der Waals surface area contributed by atoms with E-state index in [2.05, 4.69) is 25.5 Å².